The molecule has 0 aromatic carbocycles. The summed E-state index contributed by atoms with van der Waals surface area (Å²) in [5, 5.41) is 0.618. The molecular weight excluding hydrogens is 234 g/mol. The van der Waals surface area contributed by atoms with E-state index >= 15 is 0 Å². The van der Waals surface area contributed by atoms with Gasteiger partial charge in [0.05, 0.1) is 6.20 Å². The Labute approximate surface area is 106 Å². The zero-order chi connectivity index (χ0) is 12.4. The molecule has 1 aromatic rings. The average Bonchev–Trinajstić information content (AvgIpc) is 2.34. The molecule has 0 saturated carbocycles. The number of fused-ring (bicyclic) bond motifs is 1. The van der Waals surface area contributed by atoms with Gasteiger partial charge in [0, 0.05) is 16.8 Å². The van der Waals surface area contributed by atoms with E-state index < -0.39 is 0 Å². The van der Waals surface area contributed by atoms with E-state index in [9.17, 15) is 0 Å². The molecule has 2 heterocycles. The first-order valence-electron chi connectivity index (χ1n) is 5.45. The Balaban J connectivity index is 2.55. The summed E-state index contributed by atoms with van der Waals surface area (Å²) in [6, 6.07) is 1.95. The second kappa shape index (κ2) is 4.76. The molecule has 1 unspecified atom stereocenters. The van der Waals surface area contributed by atoms with Crippen molar-refractivity contribution in [2.75, 3.05) is 0 Å². The predicted molar refractivity (Wildman–Crippen MR) is 71.1 cm³/mol. The fraction of sp³-hybridized carbons (Fsp3) is 0.214. The number of ether oxygens (including phenoxy) is 1. The Morgan fingerprint density at radius 3 is 3.06 bits per heavy atom. The van der Waals surface area contributed by atoms with Gasteiger partial charge in [-0.1, -0.05) is 24.3 Å². The van der Waals surface area contributed by atoms with Crippen molar-refractivity contribution < 1.29 is 4.74 Å². The zero-order valence-corrected chi connectivity index (χ0v) is 10.7. The molecule has 0 aliphatic carbocycles. The minimum Gasteiger partial charge on any atom is -0.484 e. The lowest BCUT2D eigenvalue weighted by Crippen LogP contribution is -2.20. The minimum atomic E-state index is -0.0274. The van der Waals surface area contributed by atoms with Crippen molar-refractivity contribution in [3.05, 3.63) is 53.4 Å². The van der Waals surface area contributed by atoms with Gasteiger partial charge in [0.15, 0.2) is 0 Å². The molecule has 0 bridgehead atoms. The predicted octanol–water partition coefficient (Wildman–Crippen LogP) is 3.94. The van der Waals surface area contributed by atoms with Gasteiger partial charge in [0.2, 0.25) is 0 Å². The van der Waals surface area contributed by atoms with Crippen LogP contribution in [0.1, 0.15) is 19.4 Å². The molecule has 0 saturated heterocycles. The van der Waals surface area contributed by atoms with Gasteiger partial charge >= 0.3 is 0 Å². The van der Waals surface area contributed by atoms with E-state index in [1.54, 1.807) is 18.5 Å². The molecule has 0 fully saturated rings. The van der Waals surface area contributed by atoms with E-state index in [0.717, 1.165) is 16.9 Å². The van der Waals surface area contributed by atoms with Gasteiger partial charge in [0.1, 0.15) is 11.9 Å². The molecule has 2 rings (SSSR count). The van der Waals surface area contributed by atoms with Crippen LogP contribution in [-0.2, 0) is 0 Å². The Hall–Kier alpha value is -1.54. The summed E-state index contributed by atoms with van der Waals surface area (Å²) in [6.45, 7) is 7.71. The van der Waals surface area contributed by atoms with Crippen LogP contribution in [0.3, 0.4) is 0 Å². The Morgan fingerprint density at radius 2 is 2.35 bits per heavy atom. The number of halogens is 1. The number of pyridine rings is 1. The van der Waals surface area contributed by atoms with Crippen molar-refractivity contribution in [3.8, 4) is 5.75 Å². The highest BCUT2D eigenvalue weighted by molar-refractivity contribution is 6.31. The van der Waals surface area contributed by atoms with Crippen LogP contribution >= 0.6 is 11.6 Å². The summed E-state index contributed by atoms with van der Waals surface area (Å²) in [4.78, 5) is 4.06. The fourth-order valence-corrected chi connectivity index (χ4v) is 2.05. The number of hydrogen-bond donors (Lipinski definition) is 0. The second-order valence-corrected chi connectivity index (χ2v) is 4.38. The number of allylic oxidation sites excluding steroid dienone is 3. The van der Waals surface area contributed by atoms with E-state index in [1.807, 2.05) is 19.1 Å². The van der Waals surface area contributed by atoms with Gasteiger partial charge in [0.25, 0.3) is 0 Å². The third-order valence-electron chi connectivity index (χ3n) is 2.85. The van der Waals surface area contributed by atoms with Crippen molar-refractivity contribution in [2.45, 2.75) is 20.0 Å². The van der Waals surface area contributed by atoms with E-state index in [-0.39, 0.29) is 6.10 Å². The van der Waals surface area contributed by atoms with Crippen LogP contribution in [-0.4, -0.2) is 11.1 Å². The van der Waals surface area contributed by atoms with Crippen LogP contribution < -0.4 is 4.74 Å². The molecule has 0 radical (unpaired) electrons. The van der Waals surface area contributed by atoms with E-state index in [2.05, 4.69) is 18.5 Å². The van der Waals surface area contributed by atoms with Crippen LogP contribution in [0, 0.1) is 0 Å². The normalized spacial score (nSPS) is 19.7. The van der Waals surface area contributed by atoms with Crippen LogP contribution in [0.2, 0.25) is 0 Å². The monoisotopic (exact) mass is 247 g/mol. The lowest BCUT2D eigenvalue weighted by Gasteiger charge is -2.26. The van der Waals surface area contributed by atoms with Crippen LogP contribution in [0.15, 0.2) is 47.8 Å². The van der Waals surface area contributed by atoms with Gasteiger partial charge < -0.3 is 4.74 Å². The van der Waals surface area contributed by atoms with E-state index in [0.29, 0.717) is 5.03 Å². The molecule has 1 aromatic heterocycles. The molecule has 0 N–H and O–H groups in total. The first-order valence-corrected chi connectivity index (χ1v) is 5.82. The molecule has 88 valence electrons. The Bertz CT molecular complexity index is 517. The van der Waals surface area contributed by atoms with Gasteiger partial charge in [-0.15, -0.1) is 0 Å². The molecule has 1 aliphatic rings. The Kier molecular flexibility index (Phi) is 3.34. The van der Waals surface area contributed by atoms with Crippen LogP contribution in [0.25, 0.3) is 5.57 Å². The zero-order valence-electron chi connectivity index (χ0n) is 9.90. The number of rotatable bonds is 2. The lowest BCUT2D eigenvalue weighted by molar-refractivity contribution is 0.255. The van der Waals surface area contributed by atoms with Gasteiger partial charge in [-0.25, -0.2) is 0 Å². The maximum absolute atomic E-state index is 6.00. The first-order chi connectivity index (χ1) is 8.13. The molecule has 17 heavy (non-hydrogen) atoms. The molecule has 0 amide bonds. The smallest absolute Gasteiger partial charge is 0.145 e. The minimum absolute atomic E-state index is 0.0274. The average molecular weight is 248 g/mol. The van der Waals surface area contributed by atoms with Gasteiger partial charge in [-0.2, -0.15) is 0 Å². The summed E-state index contributed by atoms with van der Waals surface area (Å²) >= 11 is 6.00. The molecule has 3 heteroatoms. The summed E-state index contributed by atoms with van der Waals surface area (Å²) in [5.74, 6) is 0.823. The standard InChI is InChI=1S/C14H14ClNO/c1-4-11(15)7-13-9(2)12-5-6-16-8-14(12)17-10(13)3/h4-8,10H,1H2,2-3H3/b11-7+. The number of hydrogen-bond acceptors (Lipinski definition) is 2. The summed E-state index contributed by atoms with van der Waals surface area (Å²) in [6.07, 6.45) is 7.00. The first kappa shape index (κ1) is 11.9. The van der Waals surface area contributed by atoms with Crippen molar-refractivity contribution in [1.82, 2.24) is 4.98 Å². The Morgan fingerprint density at radius 1 is 1.59 bits per heavy atom. The van der Waals surface area contributed by atoms with Gasteiger partial charge in [-0.05, 0) is 37.1 Å². The van der Waals surface area contributed by atoms with E-state index in [1.165, 1.54) is 5.57 Å². The molecule has 1 aliphatic heterocycles. The summed E-state index contributed by atoms with van der Waals surface area (Å²) < 4.78 is 5.80. The van der Waals surface area contributed by atoms with Crippen molar-refractivity contribution >= 4 is 17.2 Å². The maximum atomic E-state index is 6.00. The maximum Gasteiger partial charge on any atom is 0.145 e. The largest absolute Gasteiger partial charge is 0.484 e. The summed E-state index contributed by atoms with van der Waals surface area (Å²) in [7, 11) is 0. The van der Waals surface area contributed by atoms with Crippen LogP contribution in [0.4, 0.5) is 0 Å². The molecule has 2 nitrogen and oxygen atoms in total. The van der Waals surface area contributed by atoms with Crippen molar-refractivity contribution in [2.24, 2.45) is 0 Å². The third kappa shape index (κ3) is 2.27. The number of nitrogens with zero attached hydrogens (tertiary/aromatic N) is 1. The van der Waals surface area contributed by atoms with Crippen LogP contribution in [0.5, 0.6) is 5.75 Å². The van der Waals surface area contributed by atoms with E-state index in [4.69, 9.17) is 16.3 Å². The molecule has 1 atom stereocenters. The van der Waals surface area contributed by atoms with Gasteiger partial charge in [-0.3, -0.25) is 4.98 Å². The van der Waals surface area contributed by atoms with Crippen molar-refractivity contribution in [1.29, 1.82) is 0 Å². The topological polar surface area (TPSA) is 22.1 Å². The molecule has 0 spiro atoms. The van der Waals surface area contributed by atoms with Crippen molar-refractivity contribution in [3.63, 3.8) is 0 Å². The fourth-order valence-electron chi connectivity index (χ4n) is 1.93. The highest BCUT2D eigenvalue weighted by Crippen LogP contribution is 2.35. The summed E-state index contributed by atoms with van der Waals surface area (Å²) in [5.41, 5.74) is 3.31. The number of aromatic nitrogens is 1. The second-order valence-electron chi connectivity index (χ2n) is 3.95. The highest BCUT2D eigenvalue weighted by atomic mass is 35.5. The highest BCUT2D eigenvalue weighted by Gasteiger charge is 2.21. The molecular formula is C14H14ClNO. The third-order valence-corrected chi connectivity index (χ3v) is 3.12. The lowest BCUT2D eigenvalue weighted by atomic mass is 9.95. The SMILES string of the molecule is C=C/C(Cl)=C\C1=C(C)c2ccncc2OC1C. The quantitative estimate of drug-likeness (QED) is 0.739.